The number of hydrogen-bond acceptors (Lipinski definition) is 7. The highest BCUT2D eigenvalue weighted by Crippen LogP contribution is 2.29. The van der Waals surface area contributed by atoms with E-state index in [4.69, 9.17) is 11.6 Å². The van der Waals surface area contributed by atoms with Crippen LogP contribution in [0.2, 0.25) is 5.02 Å². The standard InChI is InChI=1S/C25H25ClN6O2/c1-16-28-21-7-2-17(13-27)12-20(21)24(29-16)32-14-22(23(33)15-32)30-8-10-31(11-9-30)25(34)18-3-5-19(26)6-4-18/h2-7,12,22-23,33H,8-11,14-15H2,1H3/t22-,23-/m0/s1. The number of carbonyl (C=O) groups excluding carboxylic acids is 1. The molecule has 1 N–H and O–H groups in total. The zero-order valence-corrected chi connectivity index (χ0v) is 19.6. The van der Waals surface area contributed by atoms with Gasteiger partial charge in [0.1, 0.15) is 11.6 Å². The molecule has 174 valence electrons. The Balaban J connectivity index is 1.29. The van der Waals surface area contributed by atoms with Crippen molar-refractivity contribution >= 4 is 34.2 Å². The third-order valence-corrected chi connectivity index (χ3v) is 6.89. The molecule has 1 amide bonds. The molecule has 3 aromatic rings. The summed E-state index contributed by atoms with van der Waals surface area (Å²) < 4.78 is 0. The number of aryl methyl sites for hydroxylation is 1. The van der Waals surface area contributed by atoms with Gasteiger partial charge in [-0.3, -0.25) is 9.69 Å². The molecule has 2 aromatic carbocycles. The van der Waals surface area contributed by atoms with E-state index in [9.17, 15) is 15.2 Å². The van der Waals surface area contributed by atoms with Gasteiger partial charge in [-0.05, 0) is 49.4 Å². The van der Waals surface area contributed by atoms with Crippen molar-refractivity contribution in [3.8, 4) is 6.07 Å². The van der Waals surface area contributed by atoms with Gasteiger partial charge in [-0.25, -0.2) is 9.97 Å². The van der Waals surface area contributed by atoms with Gasteiger partial charge in [-0.2, -0.15) is 5.26 Å². The fourth-order valence-electron chi connectivity index (χ4n) is 4.87. The minimum atomic E-state index is -0.539. The molecule has 2 aliphatic rings. The Labute approximate surface area is 203 Å². The first-order valence-corrected chi connectivity index (χ1v) is 11.7. The van der Waals surface area contributed by atoms with Crippen molar-refractivity contribution in [3.63, 3.8) is 0 Å². The van der Waals surface area contributed by atoms with Gasteiger partial charge in [0.05, 0.1) is 29.3 Å². The number of nitriles is 1. The highest BCUT2D eigenvalue weighted by atomic mass is 35.5. The molecule has 0 aliphatic carbocycles. The average Bonchev–Trinajstić information content (AvgIpc) is 3.24. The first-order valence-electron chi connectivity index (χ1n) is 11.3. The van der Waals surface area contributed by atoms with E-state index >= 15 is 0 Å². The van der Waals surface area contributed by atoms with E-state index in [1.807, 2.05) is 24.0 Å². The molecule has 34 heavy (non-hydrogen) atoms. The van der Waals surface area contributed by atoms with Gasteiger partial charge in [-0.15, -0.1) is 0 Å². The zero-order chi connectivity index (χ0) is 23.8. The number of aliphatic hydroxyl groups is 1. The van der Waals surface area contributed by atoms with Crippen LogP contribution in [-0.2, 0) is 0 Å². The molecule has 2 saturated heterocycles. The van der Waals surface area contributed by atoms with Crippen LogP contribution >= 0.6 is 11.6 Å². The summed E-state index contributed by atoms with van der Waals surface area (Å²) in [6.07, 6.45) is -0.539. The molecule has 8 nitrogen and oxygen atoms in total. The van der Waals surface area contributed by atoms with Crippen molar-refractivity contribution in [3.05, 3.63) is 64.4 Å². The monoisotopic (exact) mass is 476 g/mol. The summed E-state index contributed by atoms with van der Waals surface area (Å²) in [5.74, 6) is 1.40. The fourth-order valence-corrected chi connectivity index (χ4v) is 4.99. The Kier molecular flexibility index (Phi) is 6.09. The number of amides is 1. The van der Waals surface area contributed by atoms with Crippen LogP contribution in [0.3, 0.4) is 0 Å². The second kappa shape index (κ2) is 9.18. The highest BCUT2D eigenvalue weighted by Gasteiger charge is 2.38. The molecule has 0 radical (unpaired) electrons. The number of nitrogens with zero attached hydrogens (tertiary/aromatic N) is 6. The quantitative estimate of drug-likeness (QED) is 0.620. The number of anilines is 1. The summed E-state index contributed by atoms with van der Waals surface area (Å²) in [4.78, 5) is 28.2. The van der Waals surface area contributed by atoms with E-state index < -0.39 is 6.10 Å². The van der Waals surface area contributed by atoms with Crippen LogP contribution in [0.25, 0.3) is 10.9 Å². The molecule has 0 bridgehead atoms. The molecule has 9 heteroatoms. The van der Waals surface area contributed by atoms with E-state index in [1.54, 1.807) is 30.3 Å². The lowest BCUT2D eigenvalue weighted by Gasteiger charge is -2.38. The Bertz CT molecular complexity index is 1270. The number of aliphatic hydroxyl groups excluding tert-OH is 1. The third kappa shape index (κ3) is 4.30. The largest absolute Gasteiger partial charge is 0.390 e. The molecule has 0 saturated carbocycles. The number of rotatable bonds is 3. The van der Waals surface area contributed by atoms with Crippen molar-refractivity contribution in [1.82, 2.24) is 19.8 Å². The zero-order valence-electron chi connectivity index (χ0n) is 18.9. The molecule has 1 aromatic heterocycles. The summed E-state index contributed by atoms with van der Waals surface area (Å²) in [5.41, 5.74) is 1.97. The van der Waals surface area contributed by atoms with Gasteiger partial charge < -0.3 is 14.9 Å². The Morgan fingerprint density at radius 1 is 1.09 bits per heavy atom. The van der Waals surface area contributed by atoms with E-state index in [0.29, 0.717) is 61.2 Å². The van der Waals surface area contributed by atoms with Gasteiger partial charge in [0.15, 0.2) is 0 Å². The maximum absolute atomic E-state index is 12.8. The van der Waals surface area contributed by atoms with Crippen LogP contribution in [0, 0.1) is 18.3 Å². The second-order valence-electron chi connectivity index (χ2n) is 8.81. The van der Waals surface area contributed by atoms with E-state index in [1.165, 1.54) is 0 Å². The van der Waals surface area contributed by atoms with Gasteiger partial charge in [0.2, 0.25) is 0 Å². The van der Waals surface area contributed by atoms with Crippen LogP contribution in [0.5, 0.6) is 0 Å². The normalized spacial score (nSPS) is 21.1. The summed E-state index contributed by atoms with van der Waals surface area (Å²) >= 11 is 5.94. The van der Waals surface area contributed by atoms with Gasteiger partial charge in [-0.1, -0.05) is 11.6 Å². The van der Waals surface area contributed by atoms with Gasteiger partial charge in [0.25, 0.3) is 5.91 Å². The number of halogens is 1. The summed E-state index contributed by atoms with van der Waals surface area (Å²) in [7, 11) is 0. The third-order valence-electron chi connectivity index (χ3n) is 6.64. The first-order chi connectivity index (χ1) is 16.4. The topological polar surface area (TPSA) is 96.6 Å². The lowest BCUT2D eigenvalue weighted by Crippen LogP contribution is -2.54. The second-order valence-corrected chi connectivity index (χ2v) is 9.25. The summed E-state index contributed by atoms with van der Waals surface area (Å²) in [6, 6.07) is 14.5. The summed E-state index contributed by atoms with van der Waals surface area (Å²) in [5, 5.41) is 21.7. The molecule has 3 heterocycles. The highest BCUT2D eigenvalue weighted by molar-refractivity contribution is 6.30. The average molecular weight is 477 g/mol. The number of benzene rings is 2. The number of carbonyl (C=O) groups is 1. The van der Waals surface area contributed by atoms with Gasteiger partial charge in [0, 0.05) is 55.2 Å². The number of β-amino-alcohol motifs (C(OH)–C–C–N with tert-alkyl or cyclic N) is 1. The van der Waals surface area contributed by atoms with Crippen molar-refractivity contribution in [2.75, 3.05) is 44.2 Å². The van der Waals surface area contributed by atoms with E-state index in [0.717, 1.165) is 16.7 Å². The lowest BCUT2D eigenvalue weighted by atomic mass is 10.1. The van der Waals surface area contributed by atoms with Crippen LogP contribution < -0.4 is 4.90 Å². The van der Waals surface area contributed by atoms with Gasteiger partial charge >= 0.3 is 0 Å². The Morgan fingerprint density at radius 3 is 2.53 bits per heavy atom. The molecular weight excluding hydrogens is 452 g/mol. The SMILES string of the molecule is Cc1nc(N2C[C@H](O)[C@@H](N3CCN(C(=O)c4ccc(Cl)cc4)CC3)C2)c2cc(C#N)ccc2n1. The van der Waals surface area contributed by atoms with Crippen LogP contribution in [-0.4, -0.2) is 82.2 Å². The van der Waals surface area contributed by atoms with Crippen molar-refractivity contribution < 1.29 is 9.90 Å². The van der Waals surface area contributed by atoms with Crippen molar-refractivity contribution in [2.45, 2.75) is 19.1 Å². The first kappa shape index (κ1) is 22.5. The number of piperazine rings is 1. The molecular formula is C25H25ClN6O2. The predicted octanol–water partition coefficient (Wildman–Crippen LogP) is 2.47. The van der Waals surface area contributed by atoms with E-state index in [-0.39, 0.29) is 11.9 Å². The van der Waals surface area contributed by atoms with Crippen LogP contribution in [0.4, 0.5) is 5.82 Å². The molecule has 2 atom stereocenters. The maximum atomic E-state index is 12.8. The number of fused-ring (bicyclic) bond motifs is 1. The molecule has 0 unspecified atom stereocenters. The maximum Gasteiger partial charge on any atom is 0.253 e. The molecule has 2 aliphatic heterocycles. The van der Waals surface area contributed by atoms with Crippen molar-refractivity contribution in [2.24, 2.45) is 0 Å². The minimum Gasteiger partial charge on any atom is -0.390 e. The van der Waals surface area contributed by atoms with Crippen LogP contribution in [0.15, 0.2) is 42.5 Å². The number of aromatic nitrogens is 2. The van der Waals surface area contributed by atoms with Crippen molar-refractivity contribution in [1.29, 1.82) is 5.26 Å². The smallest absolute Gasteiger partial charge is 0.253 e. The Morgan fingerprint density at radius 2 is 1.82 bits per heavy atom. The molecule has 2 fully saturated rings. The predicted molar refractivity (Wildman–Crippen MR) is 130 cm³/mol. The number of hydrogen-bond donors (Lipinski definition) is 1. The summed E-state index contributed by atoms with van der Waals surface area (Å²) in [6.45, 7) is 5.51. The van der Waals surface area contributed by atoms with Crippen LogP contribution in [0.1, 0.15) is 21.7 Å². The molecule has 0 spiro atoms. The lowest BCUT2D eigenvalue weighted by molar-refractivity contribution is 0.0376. The Hall–Kier alpha value is -3.25. The molecule has 5 rings (SSSR count). The fraction of sp³-hybridized carbons (Fsp3) is 0.360. The minimum absolute atomic E-state index is 0.00106. The van der Waals surface area contributed by atoms with E-state index in [2.05, 4.69) is 25.8 Å².